The van der Waals surface area contributed by atoms with Gasteiger partial charge in [0, 0.05) is 30.5 Å². The van der Waals surface area contributed by atoms with Crippen LogP contribution in [0.2, 0.25) is 0 Å². The van der Waals surface area contributed by atoms with Crippen molar-refractivity contribution >= 4 is 23.6 Å². The number of amides is 2. The Bertz CT molecular complexity index is 624. The molecule has 2 atom stereocenters. The van der Waals surface area contributed by atoms with Crippen molar-refractivity contribution < 1.29 is 14.3 Å². The van der Waals surface area contributed by atoms with Crippen LogP contribution in [0.3, 0.4) is 0 Å². The average Bonchev–Trinajstić information content (AvgIpc) is 3.03. The van der Waals surface area contributed by atoms with E-state index in [1.54, 1.807) is 22.9 Å². The van der Waals surface area contributed by atoms with Crippen molar-refractivity contribution in [3.8, 4) is 5.88 Å². The fourth-order valence-corrected chi connectivity index (χ4v) is 4.57. The molecule has 0 bridgehead atoms. The minimum atomic E-state index is -0.382. The van der Waals surface area contributed by atoms with Crippen molar-refractivity contribution in [3.05, 3.63) is 23.9 Å². The van der Waals surface area contributed by atoms with E-state index in [-0.39, 0.29) is 22.7 Å². The normalized spacial score (nSPS) is 26.3. The summed E-state index contributed by atoms with van der Waals surface area (Å²) in [5, 5.41) is 2.92. The highest BCUT2D eigenvalue weighted by molar-refractivity contribution is 8.01. The maximum absolute atomic E-state index is 12.5. The van der Waals surface area contributed by atoms with Gasteiger partial charge in [0.1, 0.15) is 6.04 Å². The maximum atomic E-state index is 12.5. The van der Waals surface area contributed by atoms with Crippen molar-refractivity contribution in [3.63, 3.8) is 0 Å². The predicted octanol–water partition coefficient (Wildman–Crippen LogP) is 1.55. The number of carbonyl (C=O) groups excluding carboxylic acids is 2. The molecule has 6 nitrogen and oxygen atoms in total. The van der Waals surface area contributed by atoms with Gasteiger partial charge in [-0.2, -0.15) is 0 Å². The van der Waals surface area contributed by atoms with E-state index >= 15 is 0 Å². The molecule has 2 fully saturated rings. The largest absolute Gasteiger partial charge is 0.478 e. The molecule has 1 aromatic rings. The second kappa shape index (κ2) is 6.39. The third kappa shape index (κ3) is 3.02. The van der Waals surface area contributed by atoms with Gasteiger partial charge in [0.2, 0.25) is 17.7 Å². The van der Waals surface area contributed by atoms with Crippen molar-refractivity contribution in [1.82, 2.24) is 15.2 Å². The van der Waals surface area contributed by atoms with E-state index in [1.807, 2.05) is 26.0 Å². The van der Waals surface area contributed by atoms with E-state index in [0.29, 0.717) is 31.2 Å². The lowest BCUT2D eigenvalue weighted by Crippen LogP contribution is -2.49. The Balaban J connectivity index is 1.65. The minimum absolute atomic E-state index is 0.0778. The van der Waals surface area contributed by atoms with Gasteiger partial charge in [-0.25, -0.2) is 4.98 Å². The summed E-state index contributed by atoms with van der Waals surface area (Å²) in [4.78, 5) is 30.4. The molecule has 0 aliphatic carbocycles. The number of thioether (sulfide) groups is 1. The van der Waals surface area contributed by atoms with Crippen LogP contribution in [-0.2, 0) is 16.1 Å². The summed E-state index contributed by atoms with van der Waals surface area (Å²) in [6.45, 7) is 4.82. The van der Waals surface area contributed by atoms with Crippen LogP contribution in [0, 0.1) is 0 Å². The van der Waals surface area contributed by atoms with Crippen LogP contribution in [0.1, 0.15) is 32.3 Å². The van der Waals surface area contributed by atoms with Crippen molar-refractivity contribution in [2.45, 2.75) is 44.1 Å². The molecule has 0 aromatic carbocycles. The molecule has 7 heteroatoms. The number of nitrogens with one attached hydrogen (secondary N) is 1. The van der Waals surface area contributed by atoms with Gasteiger partial charge in [0.15, 0.2) is 0 Å². The van der Waals surface area contributed by atoms with Gasteiger partial charge < -0.3 is 15.0 Å². The SMILES string of the molecule is CCOc1ncccc1CNC(=O)[C@@H]1CS[C@@]2(C)CCC(=O)N12. The standard InChI is InChI=1S/C16H21N3O3S/c1-3-22-15-11(5-4-8-17-15)9-18-14(21)12-10-23-16(2)7-6-13(20)19(12)16/h4-5,8,12H,3,6-7,9-10H2,1-2H3,(H,18,21)/t12-,16-/m0/s1. The van der Waals surface area contributed by atoms with Gasteiger partial charge in [0.05, 0.1) is 11.5 Å². The quantitative estimate of drug-likeness (QED) is 0.884. The first kappa shape index (κ1) is 16.1. The van der Waals surface area contributed by atoms with E-state index in [0.717, 1.165) is 12.0 Å². The smallest absolute Gasteiger partial charge is 0.243 e. The Kier molecular flexibility index (Phi) is 4.48. The van der Waals surface area contributed by atoms with Crippen LogP contribution in [0.25, 0.3) is 0 Å². The lowest BCUT2D eigenvalue weighted by Gasteiger charge is -2.29. The van der Waals surface area contributed by atoms with Gasteiger partial charge in [-0.3, -0.25) is 9.59 Å². The van der Waals surface area contributed by atoms with Gasteiger partial charge >= 0.3 is 0 Å². The number of pyridine rings is 1. The second-order valence-corrected chi connectivity index (χ2v) is 7.39. The Morgan fingerprint density at radius 1 is 1.61 bits per heavy atom. The van der Waals surface area contributed by atoms with Crippen LogP contribution in [0.5, 0.6) is 5.88 Å². The number of rotatable bonds is 5. The monoisotopic (exact) mass is 335 g/mol. The molecule has 3 rings (SSSR count). The Labute approximate surface area is 140 Å². The summed E-state index contributed by atoms with van der Waals surface area (Å²) in [5.41, 5.74) is 0.837. The fraction of sp³-hybridized carbons (Fsp3) is 0.562. The van der Waals surface area contributed by atoms with E-state index < -0.39 is 0 Å². The van der Waals surface area contributed by atoms with Gasteiger partial charge in [0.25, 0.3) is 0 Å². The molecule has 1 aromatic heterocycles. The van der Waals surface area contributed by atoms with Crippen molar-refractivity contribution in [2.75, 3.05) is 12.4 Å². The van der Waals surface area contributed by atoms with Crippen LogP contribution < -0.4 is 10.1 Å². The van der Waals surface area contributed by atoms with Crippen molar-refractivity contribution in [1.29, 1.82) is 0 Å². The number of carbonyl (C=O) groups is 2. The van der Waals surface area contributed by atoms with Crippen LogP contribution in [0.4, 0.5) is 0 Å². The highest BCUT2D eigenvalue weighted by atomic mass is 32.2. The second-order valence-electron chi connectivity index (χ2n) is 5.88. The first-order valence-electron chi connectivity index (χ1n) is 7.85. The van der Waals surface area contributed by atoms with Crippen molar-refractivity contribution in [2.24, 2.45) is 0 Å². The molecule has 124 valence electrons. The van der Waals surface area contributed by atoms with Crippen LogP contribution in [0.15, 0.2) is 18.3 Å². The first-order valence-corrected chi connectivity index (χ1v) is 8.84. The summed E-state index contributed by atoms with van der Waals surface area (Å²) >= 11 is 1.70. The number of fused-ring (bicyclic) bond motifs is 1. The molecule has 0 unspecified atom stereocenters. The molecule has 0 spiro atoms. The Hall–Kier alpha value is -1.76. The van der Waals surface area contributed by atoms with Gasteiger partial charge in [-0.1, -0.05) is 6.07 Å². The maximum Gasteiger partial charge on any atom is 0.243 e. The van der Waals surface area contributed by atoms with Gasteiger partial charge in [-0.05, 0) is 26.3 Å². The predicted molar refractivity (Wildman–Crippen MR) is 88.0 cm³/mol. The van der Waals surface area contributed by atoms with Gasteiger partial charge in [-0.15, -0.1) is 11.8 Å². The molecule has 3 heterocycles. The average molecular weight is 335 g/mol. The number of ether oxygens (including phenoxy) is 1. The Morgan fingerprint density at radius 2 is 2.43 bits per heavy atom. The molecule has 0 saturated carbocycles. The molecule has 2 aliphatic rings. The molecular formula is C16H21N3O3S. The molecule has 2 aliphatic heterocycles. The molecule has 2 saturated heterocycles. The minimum Gasteiger partial charge on any atom is -0.478 e. The first-order chi connectivity index (χ1) is 11.0. The van der Waals surface area contributed by atoms with E-state index in [1.165, 1.54) is 0 Å². The third-order valence-electron chi connectivity index (χ3n) is 4.33. The van der Waals surface area contributed by atoms with E-state index in [2.05, 4.69) is 10.3 Å². The Morgan fingerprint density at radius 3 is 3.22 bits per heavy atom. The molecule has 0 radical (unpaired) electrons. The topological polar surface area (TPSA) is 71.5 Å². The number of nitrogens with zero attached hydrogens (tertiary/aromatic N) is 2. The van der Waals surface area contributed by atoms with Crippen LogP contribution >= 0.6 is 11.8 Å². The summed E-state index contributed by atoms with van der Waals surface area (Å²) in [6, 6.07) is 3.32. The number of aromatic nitrogens is 1. The lowest BCUT2D eigenvalue weighted by atomic mass is 10.2. The summed E-state index contributed by atoms with van der Waals surface area (Å²) in [7, 11) is 0. The highest BCUT2D eigenvalue weighted by Crippen LogP contribution is 2.47. The summed E-state index contributed by atoms with van der Waals surface area (Å²) in [5.74, 6) is 1.16. The molecular weight excluding hydrogens is 314 g/mol. The van der Waals surface area contributed by atoms with Crippen LogP contribution in [-0.4, -0.2) is 45.0 Å². The van der Waals surface area contributed by atoms with E-state index in [9.17, 15) is 9.59 Å². The zero-order chi connectivity index (χ0) is 16.4. The number of hydrogen-bond donors (Lipinski definition) is 1. The molecule has 1 N–H and O–H groups in total. The zero-order valence-corrected chi connectivity index (χ0v) is 14.2. The highest BCUT2D eigenvalue weighted by Gasteiger charge is 2.52. The molecule has 23 heavy (non-hydrogen) atoms. The summed E-state index contributed by atoms with van der Waals surface area (Å²) < 4.78 is 5.47. The fourth-order valence-electron chi connectivity index (χ4n) is 3.14. The summed E-state index contributed by atoms with van der Waals surface area (Å²) in [6.07, 6.45) is 3.01. The third-order valence-corrected chi connectivity index (χ3v) is 5.84. The number of hydrogen-bond acceptors (Lipinski definition) is 5. The zero-order valence-electron chi connectivity index (χ0n) is 13.4. The molecule has 2 amide bonds. The van der Waals surface area contributed by atoms with E-state index in [4.69, 9.17) is 4.74 Å². The lowest BCUT2D eigenvalue weighted by molar-refractivity contribution is -0.138.